The van der Waals surface area contributed by atoms with Gasteiger partial charge < -0.3 is 61.1 Å². The van der Waals surface area contributed by atoms with Gasteiger partial charge in [0.25, 0.3) is 0 Å². The molecule has 0 bridgehead atoms. The highest BCUT2D eigenvalue weighted by atomic mass is 32.2. The fraction of sp³-hybridized carbons (Fsp3) is 0.812. The van der Waals surface area contributed by atoms with Crippen LogP contribution in [0.4, 0.5) is 5.82 Å². The Hall–Kier alpha value is -2.85. The van der Waals surface area contributed by atoms with Gasteiger partial charge >= 0.3 is 23.5 Å². The first-order valence-electron chi connectivity index (χ1n) is 26.7. The Morgan fingerprint density at radius 1 is 0.911 bits per heavy atom. The van der Waals surface area contributed by atoms with Gasteiger partial charge in [-0.3, -0.25) is 37.3 Å². The predicted octanol–water partition coefficient (Wildman–Crippen LogP) is 3.28. The number of amides is 2. The number of nitrogens with two attached hydrogens (primary N) is 1. The van der Waals surface area contributed by atoms with Crippen molar-refractivity contribution in [3.8, 4) is 0 Å². The van der Waals surface area contributed by atoms with Crippen LogP contribution >= 0.6 is 35.2 Å². The van der Waals surface area contributed by atoms with Crippen molar-refractivity contribution in [2.24, 2.45) is 57.7 Å². The molecule has 1 aliphatic heterocycles. The number of rotatable bonds is 25. The molecule has 0 aromatic carbocycles. The molecule has 2 amide bonds. The van der Waals surface area contributed by atoms with E-state index in [-0.39, 0.29) is 94.4 Å². The Kier molecular flexibility index (Phi) is 20.3. The molecular weight excluding hydrogens is 1120 g/mol. The highest BCUT2D eigenvalue weighted by molar-refractivity contribution is 8.13. The Balaban J connectivity index is 0.774. The van der Waals surface area contributed by atoms with Crippen LogP contribution < -0.4 is 16.4 Å². The lowest BCUT2D eigenvalue weighted by atomic mass is 9.43. The molecule has 5 fully saturated rings. The van der Waals surface area contributed by atoms with Crippen LogP contribution in [0.15, 0.2) is 12.7 Å². The van der Waals surface area contributed by atoms with Crippen LogP contribution in [0.1, 0.15) is 118 Å². The summed E-state index contributed by atoms with van der Waals surface area (Å²) in [5.74, 6) is -0.152. The summed E-state index contributed by atoms with van der Waals surface area (Å²) >= 11 is 0.940. The molecule has 4 saturated carbocycles. The van der Waals surface area contributed by atoms with E-state index in [1.54, 1.807) is 6.92 Å². The molecule has 31 heteroatoms. The zero-order valence-corrected chi connectivity index (χ0v) is 48.6. The molecule has 0 spiro atoms. The van der Waals surface area contributed by atoms with Gasteiger partial charge in [-0.25, -0.2) is 28.6 Å². The van der Waals surface area contributed by atoms with Crippen molar-refractivity contribution < 1.29 is 95.5 Å². The van der Waals surface area contributed by atoms with E-state index >= 15 is 0 Å². The molecule has 9 unspecified atom stereocenters. The summed E-state index contributed by atoms with van der Waals surface area (Å²) in [6, 6.07) is 0. The van der Waals surface area contributed by atoms with Crippen molar-refractivity contribution in [3.05, 3.63) is 12.7 Å². The van der Waals surface area contributed by atoms with Gasteiger partial charge in [0.1, 0.15) is 42.0 Å². The SMILES string of the molecule is CC(C(=O)CCC(C)C1CCC2C3C(CC[C@]12C)[C@@]1(C)CC[C@@H](O)C[C@H]1C[C@H]3O)C(=O)SCCNC(=O)CCNC(=O)C(O)C(C)(C)COP(=O)(O)OP(=O)(O)OC[C@H]1O[C@@H](n2cnc3c(N)ncnc32)[C@H](O)[C@@H]1OP(=O)(O)O. The van der Waals surface area contributed by atoms with E-state index in [2.05, 4.69) is 55.2 Å². The van der Waals surface area contributed by atoms with Gasteiger partial charge in [-0.2, -0.15) is 4.31 Å². The smallest absolute Gasteiger partial charge is 0.393 e. The highest BCUT2D eigenvalue weighted by Crippen LogP contribution is 2.68. The van der Waals surface area contributed by atoms with Gasteiger partial charge in [-0.05, 0) is 111 Å². The van der Waals surface area contributed by atoms with Crippen molar-refractivity contribution in [2.75, 3.05) is 37.8 Å². The summed E-state index contributed by atoms with van der Waals surface area (Å²) in [6.07, 6.45) is 0.890. The third kappa shape index (κ3) is 14.7. The molecular formula is C48H78N7O20P3S. The normalized spacial score (nSPS) is 33.6. The first-order valence-corrected chi connectivity index (χ1v) is 32.2. The van der Waals surface area contributed by atoms with Gasteiger partial charge in [-0.15, -0.1) is 0 Å². The van der Waals surface area contributed by atoms with Crippen LogP contribution in [0.5, 0.6) is 0 Å². The van der Waals surface area contributed by atoms with Crippen molar-refractivity contribution in [1.82, 2.24) is 30.2 Å². The van der Waals surface area contributed by atoms with E-state index in [4.69, 9.17) is 19.5 Å². The Bertz CT molecular complexity index is 2690. The second-order valence-electron chi connectivity index (χ2n) is 23.4. The first kappa shape index (κ1) is 63.7. The number of imidazole rings is 1. The summed E-state index contributed by atoms with van der Waals surface area (Å²) in [5.41, 5.74) is 4.45. The number of anilines is 1. The van der Waals surface area contributed by atoms with Crippen LogP contribution in [0.3, 0.4) is 0 Å². The van der Waals surface area contributed by atoms with Crippen LogP contribution in [0.2, 0.25) is 0 Å². The van der Waals surface area contributed by atoms with E-state index in [0.717, 1.165) is 80.4 Å². The third-order valence-corrected chi connectivity index (χ3v) is 22.0. The summed E-state index contributed by atoms with van der Waals surface area (Å²) in [4.78, 5) is 103. The van der Waals surface area contributed by atoms with Gasteiger partial charge in [0, 0.05) is 37.1 Å². The molecule has 4 aliphatic carbocycles. The van der Waals surface area contributed by atoms with Gasteiger partial charge in [0.05, 0.1) is 37.7 Å². The Morgan fingerprint density at radius 2 is 1.59 bits per heavy atom. The molecule has 1 saturated heterocycles. The van der Waals surface area contributed by atoms with Gasteiger partial charge in [-0.1, -0.05) is 46.4 Å². The number of ether oxygens (including phenoxy) is 1. The standard InChI is InChI=1S/C48H78N7O20P3S/c1-25(29-8-9-30-36-31(12-15-48(29,30)6)47(5)14-11-28(56)19-27(47)20-33(36)58)7-10-32(57)26(2)45(63)79-18-17-50-35(59)13-16-51-43(62)40(61)46(3,4)22-72-78(69,70)75-77(67,68)71-21-34-39(74-76(64,65)66)38(60)44(73-34)55-24-54-37-41(49)52-23-53-42(37)55/h23-31,33-34,36,38-40,44,56,58,60-61H,7-22H2,1-6H3,(H,50,59)(H,51,62)(H,67,68)(H,69,70)(H2,49,52,53)(H2,64,65,66)/t25?,26?,27-,28+,29?,30?,31?,33+,34+,36?,38+,39+,40?,44+,47-,48+/m0/s1. The molecule has 2 aromatic heterocycles. The molecule has 446 valence electrons. The number of aliphatic hydroxyl groups excluding tert-OH is 4. The van der Waals surface area contributed by atoms with Crippen molar-refractivity contribution in [1.29, 1.82) is 0 Å². The average molecular weight is 1200 g/mol. The lowest BCUT2D eigenvalue weighted by Crippen LogP contribution is -2.58. The largest absolute Gasteiger partial charge is 0.481 e. The van der Waals surface area contributed by atoms with Crippen LogP contribution in [0.25, 0.3) is 11.2 Å². The van der Waals surface area contributed by atoms with Crippen LogP contribution in [-0.2, 0) is 55.5 Å². The first-order chi connectivity index (χ1) is 36.8. The number of aromatic nitrogens is 4. The quantitative estimate of drug-likeness (QED) is 0.0386. The summed E-state index contributed by atoms with van der Waals surface area (Å²) < 4.78 is 62.7. The van der Waals surface area contributed by atoms with E-state index < -0.39 is 90.5 Å². The minimum atomic E-state index is -5.61. The van der Waals surface area contributed by atoms with Crippen molar-refractivity contribution >= 4 is 74.9 Å². The maximum Gasteiger partial charge on any atom is 0.481 e. The number of carbonyl (C=O) groups excluding carboxylic acids is 4. The molecule has 3 heterocycles. The average Bonchev–Trinajstić information content (AvgIpc) is 4.03. The minimum absolute atomic E-state index is 0.0217. The number of phosphoric ester groups is 3. The maximum absolute atomic E-state index is 13.3. The van der Waals surface area contributed by atoms with Crippen molar-refractivity contribution in [3.63, 3.8) is 0 Å². The maximum atomic E-state index is 13.3. The molecule has 27 nitrogen and oxygen atoms in total. The fourth-order valence-electron chi connectivity index (χ4n) is 13.5. The summed E-state index contributed by atoms with van der Waals surface area (Å²) in [6.45, 7) is 8.89. The second kappa shape index (κ2) is 25.2. The molecule has 5 aliphatic rings. The number of hydrogen-bond acceptors (Lipinski definition) is 21. The number of phosphoric acid groups is 3. The topological polar surface area (TPSA) is 421 Å². The Morgan fingerprint density at radius 3 is 2.30 bits per heavy atom. The third-order valence-electron chi connectivity index (χ3n) is 17.8. The van der Waals surface area contributed by atoms with E-state index in [1.165, 1.54) is 13.8 Å². The molecule has 79 heavy (non-hydrogen) atoms. The molecule has 12 N–H and O–H groups in total. The summed E-state index contributed by atoms with van der Waals surface area (Å²) in [7, 11) is -16.5. The van der Waals surface area contributed by atoms with Crippen LogP contribution in [0, 0.1) is 57.7 Å². The monoisotopic (exact) mass is 1200 g/mol. The molecule has 18 atom stereocenters. The number of carbonyl (C=O) groups is 4. The molecule has 2 aromatic rings. The number of ketones is 1. The number of nitrogens with zero attached hydrogens (tertiary/aromatic N) is 4. The minimum Gasteiger partial charge on any atom is -0.393 e. The zero-order chi connectivity index (χ0) is 58.2. The number of Topliss-reactive ketones (excluding diaryl/α,β-unsaturated/α-hetero) is 1. The lowest BCUT2D eigenvalue weighted by Gasteiger charge is -2.62. The van der Waals surface area contributed by atoms with Gasteiger partial charge in [0.2, 0.25) is 11.8 Å². The van der Waals surface area contributed by atoms with E-state index in [0.29, 0.717) is 30.1 Å². The Labute approximate surface area is 462 Å². The van der Waals surface area contributed by atoms with E-state index in [1.807, 2.05) is 0 Å². The fourth-order valence-corrected chi connectivity index (χ4v) is 17.1. The second-order valence-corrected chi connectivity index (χ2v) is 28.7. The number of thioether (sulfide) groups is 1. The number of hydrogen-bond donors (Lipinski definition) is 11. The number of fused-ring (bicyclic) bond motifs is 6. The zero-order valence-electron chi connectivity index (χ0n) is 45.1. The number of nitrogen functional groups attached to an aromatic ring is 1. The van der Waals surface area contributed by atoms with E-state index in [9.17, 15) is 72.9 Å². The predicted molar refractivity (Wildman–Crippen MR) is 282 cm³/mol. The summed E-state index contributed by atoms with van der Waals surface area (Å²) in [5, 5.41) is 48.4. The van der Waals surface area contributed by atoms with Crippen molar-refractivity contribution in [2.45, 2.75) is 155 Å². The highest BCUT2D eigenvalue weighted by Gasteiger charge is 2.63. The number of aliphatic hydroxyl groups is 4. The van der Waals surface area contributed by atoms with Crippen LogP contribution in [-0.4, -0.2) is 151 Å². The number of nitrogens with one attached hydrogen (secondary N) is 2. The van der Waals surface area contributed by atoms with Gasteiger partial charge in [0.15, 0.2) is 22.8 Å². The molecule has 7 rings (SSSR count). The lowest BCUT2D eigenvalue weighted by molar-refractivity contribution is -0.174. The molecule has 0 radical (unpaired) electrons.